The van der Waals surface area contributed by atoms with E-state index in [0.29, 0.717) is 6.04 Å². The summed E-state index contributed by atoms with van der Waals surface area (Å²) in [7, 11) is 4.37. The first-order valence-corrected chi connectivity index (χ1v) is 21.2. The normalized spacial score (nSPS) is 12.6. The van der Waals surface area contributed by atoms with Crippen LogP contribution in [0, 0.1) is 0 Å². The van der Waals surface area contributed by atoms with Crippen molar-refractivity contribution in [2.24, 2.45) is 0 Å². The maximum absolute atomic E-state index is 6.30. The third-order valence-electron chi connectivity index (χ3n) is 9.72. The lowest BCUT2D eigenvalue weighted by Crippen LogP contribution is -2.31. The second-order valence-corrected chi connectivity index (χ2v) is 14.8. The average Bonchev–Trinajstić information content (AvgIpc) is 3.05. The zero-order valence-electron chi connectivity index (χ0n) is 32.7. The van der Waals surface area contributed by atoms with Crippen molar-refractivity contribution in [3.8, 4) is 0 Å². The molecule has 0 radical (unpaired) electrons. The van der Waals surface area contributed by atoms with Crippen LogP contribution < -0.4 is 5.32 Å². The average molecular weight is 653 g/mol. The summed E-state index contributed by atoms with van der Waals surface area (Å²) in [5.74, 6) is 0. The molecule has 0 rings (SSSR count). The molecule has 0 saturated carbocycles. The van der Waals surface area contributed by atoms with Crippen molar-refractivity contribution in [1.29, 1.82) is 0 Å². The Balaban J connectivity index is 4.26. The molecular weight excluding hydrogens is 564 g/mol. The van der Waals surface area contributed by atoms with Crippen molar-refractivity contribution in [2.45, 2.75) is 232 Å². The highest BCUT2D eigenvalue weighted by molar-refractivity contribution is 4.68. The molecule has 46 heavy (non-hydrogen) atoms. The molecule has 0 fully saturated rings. The lowest BCUT2D eigenvalue weighted by Gasteiger charge is -2.20. The molecule has 278 valence electrons. The Hall–Kier alpha value is -0.160. The lowest BCUT2D eigenvalue weighted by atomic mass is 9.99. The Bertz CT molecular complexity index is 524. The molecule has 0 aromatic rings. The molecule has 4 nitrogen and oxygen atoms in total. The second-order valence-electron chi connectivity index (χ2n) is 14.8. The molecule has 1 N–H and O–H groups in total. The smallest absolute Gasteiger partial charge is 0.157 e. The van der Waals surface area contributed by atoms with Gasteiger partial charge < -0.3 is 19.7 Å². The number of ether oxygens (including phenoxy) is 2. The van der Waals surface area contributed by atoms with Crippen LogP contribution in [0.15, 0.2) is 0 Å². The molecule has 0 aromatic carbocycles. The summed E-state index contributed by atoms with van der Waals surface area (Å²) in [5.41, 5.74) is 0. The fraction of sp³-hybridized carbons (Fsp3) is 1.00. The van der Waals surface area contributed by atoms with E-state index in [2.05, 4.69) is 45.1 Å². The van der Waals surface area contributed by atoms with Crippen LogP contribution in [0.25, 0.3) is 0 Å². The van der Waals surface area contributed by atoms with E-state index in [1.165, 1.54) is 206 Å². The quantitative estimate of drug-likeness (QED) is 0.0527. The summed E-state index contributed by atoms with van der Waals surface area (Å²) in [5, 5.41) is 3.93. The first-order valence-electron chi connectivity index (χ1n) is 21.2. The van der Waals surface area contributed by atoms with E-state index >= 15 is 0 Å². The summed E-state index contributed by atoms with van der Waals surface area (Å²) in [6.07, 6.45) is 41.8. The van der Waals surface area contributed by atoms with Crippen LogP contribution in [0.4, 0.5) is 0 Å². The van der Waals surface area contributed by atoms with E-state index in [0.717, 1.165) is 19.6 Å². The number of unbranched alkanes of at least 4 members (excludes halogenated alkanes) is 23. The highest BCUT2D eigenvalue weighted by Gasteiger charge is 2.11. The number of hydrogen-bond donors (Lipinski definition) is 1. The van der Waals surface area contributed by atoms with Gasteiger partial charge in [-0.1, -0.05) is 175 Å². The molecule has 0 bridgehead atoms. The van der Waals surface area contributed by atoms with Crippen LogP contribution in [0.1, 0.15) is 220 Å². The van der Waals surface area contributed by atoms with Gasteiger partial charge in [-0.05, 0) is 72.1 Å². The van der Waals surface area contributed by atoms with Crippen LogP contribution in [0.3, 0.4) is 0 Å². The molecule has 0 aliphatic heterocycles. The van der Waals surface area contributed by atoms with Gasteiger partial charge in [-0.2, -0.15) is 0 Å². The van der Waals surface area contributed by atoms with E-state index in [9.17, 15) is 0 Å². The zero-order valence-corrected chi connectivity index (χ0v) is 32.7. The van der Waals surface area contributed by atoms with Gasteiger partial charge in [0.1, 0.15) is 0 Å². The van der Waals surface area contributed by atoms with Crippen molar-refractivity contribution in [2.75, 3.05) is 40.4 Å². The van der Waals surface area contributed by atoms with Gasteiger partial charge in [0, 0.05) is 19.3 Å². The van der Waals surface area contributed by atoms with E-state index < -0.39 is 0 Å². The Kier molecular flexibility index (Phi) is 39.1. The van der Waals surface area contributed by atoms with Gasteiger partial charge in [-0.15, -0.1) is 0 Å². The first-order chi connectivity index (χ1) is 22.6. The van der Waals surface area contributed by atoms with E-state index in [1.807, 2.05) is 0 Å². The highest BCUT2D eigenvalue weighted by atomic mass is 16.7. The van der Waals surface area contributed by atoms with Crippen molar-refractivity contribution in [3.05, 3.63) is 0 Å². The van der Waals surface area contributed by atoms with Crippen molar-refractivity contribution < 1.29 is 9.47 Å². The van der Waals surface area contributed by atoms with E-state index in [-0.39, 0.29) is 6.29 Å². The summed E-state index contributed by atoms with van der Waals surface area (Å²) in [6, 6.07) is 0.715. The molecular formula is C42H88N2O2. The minimum absolute atomic E-state index is 0.0163. The molecule has 0 heterocycles. The zero-order chi connectivity index (χ0) is 33.6. The Labute approximate surface area is 291 Å². The Morgan fingerprint density at radius 3 is 1.15 bits per heavy atom. The van der Waals surface area contributed by atoms with Crippen LogP contribution in [0.5, 0.6) is 0 Å². The summed E-state index contributed by atoms with van der Waals surface area (Å²) < 4.78 is 12.6. The molecule has 4 heteroatoms. The van der Waals surface area contributed by atoms with E-state index in [1.54, 1.807) is 0 Å². The molecule has 0 aliphatic carbocycles. The fourth-order valence-electron chi connectivity index (χ4n) is 6.57. The van der Waals surface area contributed by atoms with Gasteiger partial charge in [0.2, 0.25) is 0 Å². The molecule has 0 spiro atoms. The second kappa shape index (κ2) is 39.3. The van der Waals surface area contributed by atoms with Gasteiger partial charge >= 0.3 is 0 Å². The SMILES string of the molecule is CCCCCCCCCCC(CCCCCCCC(OCCCCCCCCC)OCCCCCCCCC)NCCCN(C)C. The molecule has 1 unspecified atom stereocenters. The molecule has 0 amide bonds. The predicted molar refractivity (Wildman–Crippen MR) is 206 cm³/mol. The number of hydrogen-bond acceptors (Lipinski definition) is 4. The molecule has 0 saturated heterocycles. The van der Waals surface area contributed by atoms with Gasteiger partial charge in [0.05, 0.1) is 0 Å². The molecule has 1 atom stereocenters. The minimum atomic E-state index is 0.0163. The third kappa shape index (κ3) is 36.7. The van der Waals surface area contributed by atoms with E-state index in [4.69, 9.17) is 9.47 Å². The summed E-state index contributed by atoms with van der Waals surface area (Å²) in [6.45, 7) is 11.0. The maximum Gasteiger partial charge on any atom is 0.157 e. The summed E-state index contributed by atoms with van der Waals surface area (Å²) >= 11 is 0. The van der Waals surface area contributed by atoms with Crippen LogP contribution in [-0.4, -0.2) is 57.6 Å². The lowest BCUT2D eigenvalue weighted by molar-refractivity contribution is -0.148. The number of nitrogens with one attached hydrogen (secondary N) is 1. The number of nitrogens with zero attached hydrogens (tertiary/aromatic N) is 1. The van der Waals surface area contributed by atoms with Gasteiger partial charge in [0.15, 0.2) is 6.29 Å². The predicted octanol–water partition coefficient (Wildman–Crippen LogP) is 13.0. The van der Waals surface area contributed by atoms with Crippen LogP contribution in [0.2, 0.25) is 0 Å². The highest BCUT2D eigenvalue weighted by Crippen LogP contribution is 2.17. The monoisotopic (exact) mass is 653 g/mol. The minimum Gasteiger partial charge on any atom is -0.353 e. The largest absolute Gasteiger partial charge is 0.353 e. The number of rotatable bonds is 40. The van der Waals surface area contributed by atoms with Gasteiger partial charge in [-0.25, -0.2) is 0 Å². The first kappa shape index (κ1) is 45.8. The van der Waals surface area contributed by atoms with Crippen LogP contribution >= 0.6 is 0 Å². The van der Waals surface area contributed by atoms with Crippen molar-refractivity contribution in [3.63, 3.8) is 0 Å². The maximum atomic E-state index is 6.30. The van der Waals surface area contributed by atoms with Gasteiger partial charge in [0.25, 0.3) is 0 Å². The standard InChI is InChI=1S/C42H88N2O2/c1-6-9-12-15-18-19-23-28-34-41(43-37-33-38-44(4)5)35-29-24-22-25-30-36-42(45-39-31-26-20-16-13-10-7-2)46-40-32-27-21-17-14-11-8-3/h41-43H,6-40H2,1-5H3. The van der Waals surface area contributed by atoms with Crippen LogP contribution in [-0.2, 0) is 9.47 Å². The van der Waals surface area contributed by atoms with Crippen molar-refractivity contribution in [1.82, 2.24) is 10.2 Å². The molecule has 0 aromatic heterocycles. The topological polar surface area (TPSA) is 33.7 Å². The summed E-state index contributed by atoms with van der Waals surface area (Å²) in [4.78, 5) is 2.31. The van der Waals surface area contributed by atoms with Gasteiger partial charge in [-0.3, -0.25) is 0 Å². The Morgan fingerprint density at radius 1 is 0.413 bits per heavy atom. The fourth-order valence-corrected chi connectivity index (χ4v) is 6.57. The third-order valence-corrected chi connectivity index (χ3v) is 9.72. The molecule has 0 aliphatic rings. The van der Waals surface area contributed by atoms with Crippen molar-refractivity contribution >= 4 is 0 Å². The Morgan fingerprint density at radius 2 is 0.761 bits per heavy atom.